The molecule has 4 nitrogen and oxygen atoms in total. The van der Waals surface area contributed by atoms with E-state index in [1.165, 1.54) is 12.0 Å². The summed E-state index contributed by atoms with van der Waals surface area (Å²) < 4.78 is 2.10. The van der Waals surface area contributed by atoms with Crippen molar-refractivity contribution in [2.75, 3.05) is 6.54 Å². The van der Waals surface area contributed by atoms with Crippen LogP contribution in [0.1, 0.15) is 37.7 Å². The first kappa shape index (κ1) is 15.3. The molecule has 1 atom stereocenters. The van der Waals surface area contributed by atoms with Gasteiger partial charge in [0.05, 0.1) is 6.33 Å². The van der Waals surface area contributed by atoms with E-state index in [0.29, 0.717) is 18.4 Å². The number of piperidine rings is 1. The Hall–Kier alpha value is -1.62. The molecule has 118 valence electrons. The van der Waals surface area contributed by atoms with Crippen LogP contribution in [0.15, 0.2) is 35.5 Å². The van der Waals surface area contributed by atoms with E-state index < -0.39 is 0 Å². The molecular formula is C17H23N3OS. The predicted octanol–water partition coefficient (Wildman–Crippen LogP) is 3.35. The summed E-state index contributed by atoms with van der Waals surface area (Å²) in [7, 11) is 0. The number of carbonyl (C=O) groups excluding carboxylic acids is 1. The molecule has 0 spiro atoms. The zero-order chi connectivity index (χ0) is 15.2. The Kier molecular flexibility index (Phi) is 5.27. The second kappa shape index (κ2) is 7.58. The third kappa shape index (κ3) is 3.97. The molecule has 0 N–H and O–H groups in total. The Morgan fingerprint density at radius 1 is 1.41 bits per heavy atom. The number of hydrogen-bond acceptors (Lipinski definition) is 3. The summed E-state index contributed by atoms with van der Waals surface area (Å²) in [5, 5.41) is 4.22. The molecule has 2 aromatic rings. The van der Waals surface area contributed by atoms with Crippen molar-refractivity contribution in [1.29, 1.82) is 0 Å². The smallest absolute Gasteiger partial charge is 0.223 e. The van der Waals surface area contributed by atoms with Gasteiger partial charge in [-0.3, -0.25) is 4.79 Å². The van der Waals surface area contributed by atoms with Crippen molar-refractivity contribution in [2.45, 2.75) is 51.1 Å². The molecule has 1 fully saturated rings. The molecule has 0 aromatic carbocycles. The third-order valence-corrected chi connectivity index (χ3v) is 5.17. The number of aromatic nitrogens is 2. The van der Waals surface area contributed by atoms with Crippen molar-refractivity contribution in [3.63, 3.8) is 0 Å². The number of likely N-dealkylation sites (tertiary alicyclic amines) is 1. The summed E-state index contributed by atoms with van der Waals surface area (Å²) >= 11 is 1.70. The van der Waals surface area contributed by atoms with E-state index in [1.54, 1.807) is 11.3 Å². The average Bonchev–Trinajstić information content (AvgIpc) is 3.24. The number of aryl methyl sites for hydroxylation is 2. The van der Waals surface area contributed by atoms with Gasteiger partial charge in [-0.1, -0.05) is 0 Å². The Morgan fingerprint density at radius 2 is 2.36 bits per heavy atom. The SMILES string of the molecule is O=C(CCc1ccsc1)N1CCCCC1CCn1ccnc1. The molecule has 2 aromatic heterocycles. The van der Waals surface area contributed by atoms with Crippen molar-refractivity contribution in [2.24, 2.45) is 0 Å². The summed E-state index contributed by atoms with van der Waals surface area (Å²) in [6.45, 7) is 1.87. The maximum atomic E-state index is 12.6. The molecule has 0 bridgehead atoms. The van der Waals surface area contributed by atoms with E-state index in [9.17, 15) is 4.79 Å². The van der Waals surface area contributed by atoms with Gasteiger partial charge in [0, 0.05) is 37.9 Å². The highest BCUT2D eigenvalue weighted by atomic mass is 32.1. The lowest BCUT2D eigenvalue weighted by Gasteiger charge is -2.36. The number of rotatable bonds is 6. The minimum atomic E-state index is 0.321. The van der Waals surface area contributed by atoms with Crippen LogP contribution in [0.5, 0.6) is 0 Å². The van der Waals surface area contributed by atoms with Crippen LogP contribution >= 0.6 is 11.3 Å². The van der Waals surface area contributed by atoms with Crippen LogP contribution in [-0.4, -0.2) is 32.9 Å². The van der Waals surface area contributed by atoms with Crippen LogP contribution in [0.2, 0.25) is 0 Å². The summed E-state index contributed by atoms with van der Waals surface area (Å²) in [5.41, 5.74) is 1.28. The molecule has 5 heteroatoms. The highest BCUT2D eigenvalue weighted by molar-refractivity contribution is 7.07. The largest absolute Gasteiger partial charge is 0.340 e. The first-order chi connectivity index (χ1) is 10.8. The lowest BCUT2D eigenvalue weighted by molar-refractivity contribution is -0.135. The van der Waals surface area contributed by atoms with E-state index >= 15 is 0 Å². The predicted molar refractivity (Wildman–Crippen MR) is 88.8 cm³/mol. The number of amides is 1. The number of hydrogen-bond donors (Lipinski definition) is 0. The second-order valence-electron chi connectivity index (χ2n) is 5.96. The Labute approximate surface area is 135 Å². The van der Waals surface area contributed by atoms with Crippen LogP contribution in [0, 0.1) is 0 Å². The Morgan fingerprint density at radius 3 is 3.14 bits per heavy atom. The van der Waals surface area contributed by atoms with Crippen LogP contribution in [-0.2, 0) is 17.8 Å². The maximum absolute atomic E-state index is 12.6. The van der Waals surface area contributed by atoms with Crippen LogP contribution in [0.25, 0.3) is 0 Å². The van der Waals surface area contributed by atoms with Gasteiger partial charge in [-0.25, -0.2) is 4.98 Å². The summed E-state index contributed by atoms with van der Waals surface area (Å²) in [6, 6.07) is 2.51. The normalized spacial score (nSPS) is 18.5. The lowest BCUT2D eigenvalue weighted by atomic mass is 9.98. The molecule has 22 heavy (non-hydrogen) atoms. The van der Waals surface area contributed by atoms with Gasteiger partial charge in [0.25, 0.3) is 0 Å². The molecule has 0 aliphatic carbocycles. The van der Waals surface area contributed by atoms with E-state index in [4.69, 9.17) is 0 Å². The molecule has 1 aliphatic rings. The first-order valence-corrected chi connectivity index (χ1v) is 9.03. The fourth-order valence-electron chi connectivity index (χ4n) is 3.18. The number of nitrogens with zero attached hydrogens (tertiary/aromatic N) is 3. The van der Waals surface area contributed by atoms with E-state index in [0.717, 1.165) is 38.8 Å². The molecule has 1 unspecified atom stereocenters. The summed E-state index contributed by atoms with van der Waals surface area (Å²) in [6.07, 6.45) is 11.7. The first-order valence-electron chi connectivity index (χ1n) is 8.09. The monoisotopic (exact) mass is 317 g/mol. The maximum Gasteiger partial charge on any atom is 0.223 e. The topological polar surface area (TPSA) is 38.1 Å². The van der Waals surface area contributed by atoms with Gasteiger partial charge in [-0.05, 0) is 54.5 Å². The van der Waals surface area contributed by atoms with E-state index in [1.807, 2.05) is 18.7 Å². The Bertz CT molecular complexity index is 565. The lowest BCUT2D eigenvalue weighted by Crippen LogP contribution is -2.44. The molecule has 3 heterocycles. The highest BCUT2D eigenvalue weighted by Gasteiger charge is 2.26. The van der Waals surface area contributed by atoms with Gasteiger partial charge >= 0.3 is 0 Å². The molecule has 1 aliphatic heterocycles. The van der Waals surface area contributed by atoms with Crippen molar-refractivity contribution in [3.8, 4) is 0 Å². The molecule has 0 radical (unpaired) electrons. The number of carbonyl (C=O) groups is 1. The second-order valence-corrected chi connectivity index (χ2v) is 6.74. The standard InChI is InChI=1S/C17H23N3OS/c21-17(5-4-15-7-12-22-13-15)20-9-2-1-3-16(20)6-10-19-11-8-18-14-19/h7-8,11-14,16H,1-6,9-10H2. The van der Waals surface area contributed by atoms with Gasteiger partial charge < -0.3 is 9.47 Å². The van der Waals surface area contributed by atoms with Crippen molar-refractivity contribution in [3.05, 3.63) is 41.1 Å². The fourth-order valence-corrected chi connectivity index (χ4v) is 3.88. The quantitative estimate of drug-likeness (QED) is 0.819. The van der Waals surface area contributed by atoms with Crippen molar-refractivity contribution >= 4 is 17.2 Å². The molecule has 3 rings (SSSR count). The van der Waals surface area contributed by atoms with Crippen molar-refractivity contribution in [1.82, 2.24) is 14.5 Å². The van der Waals surface area contributed by atoms with Gasteiger partial charge in [-0.15, -0.1) is 0 Å². The van der Waals surface area contributed by atoms with Gasteiger partial charge in [0.2, 0.25) is 5.91 Å². The van der Waals surface area contributed by atoms with Crippen LogP contribution < -0.4 is 0 Å². The van der Waals surface area contributed by atoms with Gasteiger partial charge in [-0.2, -0.15) is 11.3 Å². The van der Waals surface area contributed by atoms with Gasteiger partial charge in [0.15, 0.2) is 0 Å². The summed E-state index contributed by atoms with van der Waals surface area (Å²) in [4.78, 5) is 18.8. The molecule has 0 saturated carbocycles. The number of thiophene rings is 1. The van der Waals surface area contributed by atoms with Crippen LogP contribution in [0.3, 0.4) is 0 Å². The van der Waals surface area contributed by atoms with Crippen LogP contribution in [0.4, 0.5) is 0 Å². The Balaban J connectivity index is 1.53. The van der Waals surface area contributed by atoms with Crippen molar-refractivity contribution < 1.29 is 4.79 Å². The fraction of sp³-hybridized carbons (Fsp3) is 0.529. The minimum absolute atomic E-state index is 0.321. The molecule has 1 saturated heterocycles. The van der Waals surface area contributed by atoms with E-state index in [-0.39, 0.29) is 0 Å². The highest BCUT2D eigenvalue weighted by Crippen LogP contribution is 2.22. The van der Waals surface area contributed by atoms with Gasteiger partial charge in [0.1, 0.15) is 0 Å². The zero-order valence-corrected chi connectivity index (χ0v) is 13.7. The number of imidazole rings is 1. The third-order valence-electron chi connectivity index (χ3n) is 4.43. The average molecular weight is 317 g/mol. The molecular weight excluding hydrogens is 294 g/mol. The summed E-state index contributed by atoms with van der Waals surface area (Å²) in [5.74, 6) is 0.321. The van der Waals surface area contributed by atoms with E-state index in [2.05, 4.69) is 31.3 Å². The zero-order valence-electron chi connectivity index (χ0n) is 12.9. The minimum Gasteiger partial charge on any atom is -0.340 e. The molecule has 1 amide bonds.